The molecule has 1 saturated heterocycles. The number of fused-ring (bicyclic) bond motifs is 1. The van der Waals surface area contributed by atoms with Crippen LogP contribution in [0.25, 0.3) is 11.2 Å². The minimum absolute atomic E-state index is 0.0488. The summed E-state index contributed by atoms with van der Waals surface area (Å²) in [4.78, 5) is 15.3. The summed E-state index contributed by atoms with van der Waals surface area (Å²) in [6, 6.07) is 0. The summed E-state index contributed by atoms with van der Waals surface area (Å²) in [5.41, 5.74) is -0.346. The van der Waals surface area contributed by atoms with Gasteiger partial charge in [0.2, 0.25) is 0 Å². The van der Waals surface area contributed by atoms with Crippen molar-refractivity contribution in [2.45, 2.75) is 24.5 Å². The summed E-state index contributed by atoms with van der Waals surface area (Å²) < 4.78 is 6.61. The number of nitrogens with zero attached hydrogens (tertiary/aromatic N) is 4. The Morgan fingerprint density at radius 2 is 2.21 bits per heavy atom. The fourth-order valence-electron chi connectivity index (χ4n) is 2.08. The Morgan fingerprint density at radius 1 is 1.42 bits per heavy atom. The maximum absolute atomic E-state index is 11.4. The van der Waals surface area contributed by atoms with Gasteiger partial charge in [0, 0.05) is 0 Å². The number of hydrogen-bond donors (Lipinski definition) is 4. The molecule has 0 amide bonds. The van der Waals surface area contributed by atoms with E-state index in [1.165, 1.54) is 10.9 Å². The van der Waals surface area contributed by atoms with E-state index in [0.717, 1.165) is 0 Å². The molecule has 0 aromatic carbocycles. The van der Waals surface area contributed by atoms with Crippen molar-refractivity contribution in [1.29, 1.82) is 0 Å². The zero-order chi connectivity index (χ0) is 13.6. The van der Waals surface area contributed by atoms with E-state index < -0.39 is 36.7 Å². The smallest absolute Gasteiger partial charge is 0.295 e. The number of aromatic nitrogens is 5. The molecule has 10 heteroatoms. The Morgan fingerprint density at radius 3 is 2.89 bits per heavy atom. The van der Waals surface area contributed by atoms with E-state index >= 15 is 0 Å². The monoisotopic (exact) mass is 269 g/mol. The summed E-state index contributed by atoms with van der Waals surface area (Å²) in [6.45, 7) is -0.437. The Hall–Kier alpha value is -1.88. The van der Waals surface area contributed by atoms with Crippen LogP contribution in [0, 0.1) is 0 Å². The number of nitrogens with one attached hydrogen (secondary N) is 1. The van der Waals surface area contributed by atoms with Crippen LogP contribution in [0.1, 0.15) is 6.23 Å². The van der Waals surface area contributed by atoms with E-state index in [1.807, 2.05) is 0 Å². The van der Waals surface area contributed by atoms with Crippen LogP contribution in [0.4, 0.5) is 0 Å². The highest BCUT2D eigenvalue weighted by molar-refractivity contribution is 5.68. The molecule has 19 heavy (non-hydrogen) atoms. The van der Waals surface area contributed by atoms with Crippen LogP contribution in [0.3, 0.4) is 0 Å². The van der Waals surface area contributed by atoms with Crippen molar-refractivity contribution < 1.29 is 20.1 Å². The maximum atomic E-state index is 11.4. The summed E-state index contributed by atoms with van der Waals surface area (Å²) in [6.07, 6.45) is -3.15. The molecule has 0 spiro atoms. The minimum atomic E-state index is -1.27. The fourth-order valence-corrected chi connectivity index (χ4v) is 2.08. The quantitative estimate of drug-likeness (QED) is 0.455. The van der Waals surface area contributed by atoms with E-state index in [0.29, 0.717) is 0 Å². The molecule has 0 bridgehead atoms. The van der Waals surface area contributed by atoms with Crippen molar-refractivity contribution in [2.75, 3.05) is 6.61 Å². The fraction of sp³-hybridized carbons (Fsp3) is 0.556. The van der Waals surface area contributed by atoms with Gasteiger partial charge in [-0.1, -0.05) is 5.21 Å². The lowest BCUT2D eigenvalue weighted by Crippen LogP contribution is -2.33. The van der Waals surface area contributed by atoms with Crippen molar-refractivity contribution in [2.24, 2.45) is 0 Å². The number of aliphatic hydroxyl groups excluding tert-OH is 3. The van der Waals surface area contributed by atoms with Crippen LogP contribution >= 0.6 is 0 Å². The van der Waals surface area contributed by atoms with Gasteiger partial charge in [-0.3, -0.25) is 9.36 Å². The van der Waals surface area contributed by atoms with E-state index in [-0.39, 0.29) is 11.2 Å². The number of aromatic amines is 1. The van der Waals surface area contributed by atoms with Crippen LogP contribution in [0.2, 0.25) is 0 Å². The van der Waals surface area contributed by atoms with Crippen LogP contribution in [0.5, 0.6) is 0 Å². The van der Waals surface area contributed by atoms with Gasteiger partial charge in [-0.2, -0.15) is 0 Å². The lowest BCUT2D eigenvalue weighted by atomic mass is 10.1. The number of imidazole rings is 1. The first-order chi connectivity index (χ1) is 9.13. The van der Waals surface area contributed by atoms with Crippen LogP contribution < -0.4 is 5.56 Å². The highest BCUT2D eigenvalue weighted by Gasteiger charge is 2.44. The summed E-state index contributed by atoms with van der Waals surface area (Å²) in [7, 11) is 0. The van der Waals surface area contributed by atoms with E-state index in [4.69, 9.17) is 9.84 Å². The molecule has 0 radical (unpaired) electrons. The maximum Gasteiger partial charge on any atom is 0.295 e. The van der Waals surface area contributed by atoms with E-state index in [2.05, 4.69) is 20.4 Å². The minimum Gasteiger partial charge on any atom is -0.394 e. The molecular formula is C9H11N5O5. The van der Waals surface area contributed by atoms with Gasteiger partial charge >= 0.3 is 0 Å². The molecule has 2 aromatic heterocycles. The highest BCUT2D eigenvalue weighted by Crippen LogP contribution is 2.30. The highest BCUT2D eigenvalue weighted by atomic mass is 16.6. The first-order valence-corrected chi connectivity index (χ1v) is 5.54. The van der Waals surface area contributed by atoms with Gasteiger partial charge in [-0.05, 0) is 0 Å². The number of rotatable bonds is 2. The standard InChI is InChI=1S/C9H11N5O5/c15-1-3-5(16)6(17)9(19-3)14-2-10-4-7(14)11-13-12-8(4)18/h2-3,5-6,9,15-17H,1H2,(H,11,12,18)/t3-,5+,6+,9-/m0/s1. The third kappa shape index (κ3) is 1.73. The van der Waals surface area contributed by atoms with Gasteiger partial charge in [-0.15, -0.1) is 5.10 Å². The van der Waals surface area contributed by atoms with Crippen molar-refractivity contribution in [3.63, 3.8) is 0 Å². The average Bonchev–Trinajstić information content (AvgIpc) is 2.94. The first kappa shape index (κ1) is 12.2. The Bertz CT molecular complexity index is 654. The first-order valence-electron chi connectivity index (χ1n) is 5.54. The van der Waals surface area contributed by atoms with Gasteiger partial charge in [-0.25, -0.2) is 10.1 Å². The van der Waals surface area contributed by atoms with Crippen molar-refractivity contribution in [3.05, 3.63) is 16.7 Å². The second-order valence-corrected chi connectivity index (χ2v) is 4.19. The van der Waals surface area contributed by atoms with Gasteiger partial charge in [0.05, 0.1) is 12.9 Å². The van der Waals surface area contributed by atoms with Crippen LogP contribution in [-0.2, 0) is 4.74 Å². The summed E-state index contributed by atoms with van der Waals surface area (Å²) >= 11 is 0. The molecule has 0 saturated carbocycles. The van der Waals surface area contributed by atoms with Gasteiger partial charge in [0.15, 0.2) is 17.4 Å². The molecule has 102 valence electrons. The molecule has 3 rings (SSSR count). The van der Waals surface area contributed by atoms with Crippen molar-refractivity contribution >= 4 is 11.2 Å². The molecule has 0 unspecified atom stereocenters. The third-order valence-electron chi connectivity index (χ3n) is 3.07. The Balaban J connectivity index is 2.06. The molecule has 1 fully saturated rings. The Kier molecular flexibility index (Phi) is 2.78. The van der Waals surface area contributed by atoms with Crippen molar-refractivity contribution in [1.82, 2.24) is 25.0 Å². The van der Waals surface area contributed by atoms with E-state index in [9.17, 15) is 15.0 Å². The van der Waals surface area contributed by atoms with Gasteiger partial charge in [0.1, 0.15) is 18.3 Å². The summed E-state index contributed by atoms with van der Waals surface area (Å²) in [5, 5.41) is 37.8. The SMILES string of the molecule is O=c1[nH]nnc2c1ncn2[C@H]1O[C@@H](CO)[C@@H](O)[C@H]1O. The number of hydrogen-bond acceptors (Lipinski definition) is 8. The molecule has 3 heterocycles. The third-order valence-corrected chi connectivity index (χ3v) is 3.07. The summed E-state index contributed by atoms with van der Waals surface area (Å²) in [5.74, 6) is 0. The van der Waals surface area contributed by atoms with Crippen molar-refractivity contribution in [3.8, 4) is 0 Å². The molecule has 4 atom stereocenters. The molecule has 2 aromatic rings. The van der Waals surface area contributed by atoms with Gasteiger partial charge in [0.25, 0.3) is 5.56 Å². The molecule has 10 nitrogen and oxygen atoms in total. The average molecular weight is 269 g/mol. The zero-order valence-corrected chi connectivity index (χ0v) is 9.54. The van der Waals surface area contributed by atoms with Gasteiger partial charge < -0.3 is 20.1 Å². The number of H-pyrrole nitrogens is 1. The molecule has 4 N–H and O–H groups in total. The van der Waals surface area contributed by atoms with Crippen LogP contribution in [0.15, 0.2) is 11.1 Å². The van der Waals surface area contributed by atoms with Crippen LogP contribution in [-0.4, -0.2) is 65.2 Å². The second-order valence-electron chi connectivity index (χ2n) is 4.19. The lowest BCUT2D eigenvalue weighted by Gasteiger charge is -2.15. The largest absolute Gasteiger partial charge is 0.394 e. The topological polar surface area (TPSA) is 146 Å². The Labute approximate surface area is 105 Å². The number of ether oxygens (including phenoxy) is 1. The number of aliphatic hydroxyl groups is 3. The predicted octanol–water partition coefficient (Wildman–Crippen LogP) is -2.87. The molecule has 1 aliphatic rings. The zero-order valence-electron chi connectivity index (χ0n) is 9.54. The molecule has 0 aliphatic carbocycles. The predicted molar refractivity (Wildman–Crippen MR) is 59.0 cm³/mol. The molecule has 1 aliphatic heterocycles. The van der Waals surface area contributed by atoms with E-state index in [1.54, 1.807) is 0 Å². The normalized spacial score (nSPS) is 31.1. The second kappa shape index (κ2) is 4.35. The lowest BCUT2D eigenvalue weighted by molar-refractivity contribution is -0.0511. The molecular weight excluding hydrogens is 258 g/mol.